The van der Waals surface area contributed by atoms with Gasteiger partial charge in [0, 0.05) is 17.1 Å². The first kappa shape index (κ1) is 23.1. The summed E-state index contributed by atoms with van der Waals surface area (Å²) in [5.74, 6) is 0. The van der Waals surface area contributed by atoms with Crippen molar-refractivity contribution in [2.45, 2.75) is 0 Å². The fourth-order valence-electron chi connectivity index (χ4n) is 0. The molecule has 0 amide bonds. The Bertz CT molecular complexity index is 16.0. The van der Waals surface area contributed by atoms with Gasteiger partial charge in [0.2, 0.25) is 0 Å². The molecule has 4 heteroatoms. The van der Waals surface area contributed by atoms with Gasteiger partial charge in [-0.25, -0.2) is 0 Å². The van der Waals surface area contributed by atoms with Gasteiger partial charge in [0.1, 0.15) is 0 Å². The third kappa shape index (κ3) is 10.1. The number of hydrogen-bond acceptors (Lipinski definition) is 0. The van der Waals surface area contributed by atoms with Gasteiger partial charge in [0.25, 0.3) is 0 Å². The monoisotopic (exact) mass is 263 g/mol. The standard InChI is InChI=1S/Cs.Cu.K.Mg.4H/q+1;;+1;+2;4*-1. The minimum atomic E-state index is 0. The molecule has 0 saturated carbocycles. The normalized spacial score (nSPS) is 0. The summed E-state index contributed by atoms with van der Waals surface area (Å²) in [7, 11) is 0. The summed E-state index contributed by atoms with van der Waals surface area (Å²) in [6.07, 6.45) is 0. The molecular formula is H4CsCuKMg. The van der Waals surface area contributed by atoms with Crippen LogP contribution >= 0.6 is 0 Å². The maximum Gasteiger partial charge on any atom is 2.00 e. The molecule has 0 saturated heterocycles. The molecule has 0 aliphatic carbocycles. The van der Waals surface area contributed by atoms with E-state index in [-0.39, 0.29) is 166 Å². The summed E-state index contributed by atoms with van der Waals surface area (Å²) >= 11 is 0. The quantitative estimate of drug-likeness (QED) is 0.382. The predicted octanol–water partition coefficient (Wildman–Crippen LogP) is -5.93. The zero-order valence-electron chi connectivity index (χ0n) is 7.01. The Labute approximate surface area is 160 Å². The van der Waals surface area contributed by atoms with E-state index in [2.05, 4.69) is 0 Å². The molecule has 0 fully saturated rings. The molecule has 0 bridgehead atoms. The van der Waals surface area contributed by atoms with Crippen LogP contribution in [-0.2, 0) is 17.1 Å². The van der Waals surface area contributed by atoms with Gasteiger partial charge in [-0.2, -0.15) is 0 Å². The predicted molar refractivity (Wildman–Crippen MR) is 10.2 cm³/mol. The number of rotatable bonds is 0. The van der Waals surface area contributed by atoms with Crippen molar-refractivity contribution in [1.29, 1.82) is 0 Å². The van der Waals surface area contributed by atoms with E-state index < -0.39 is 0 Å². The molecule has 0 aliphatic rings. The maximum atomic E-state index is 0. The van der Waals surface area contributed by atoms with Crippen LogP contribution in [0, 0.1) is 0 Å². The Morgan fingerprint density at radius 2 is 1.25 bits per heavy atom. The second-order valence-corrected chi connectivity index (χ2v) is 0. The van der Waals surface area contributed by atoms with Crippen molar-refractivity contribution in [3.63, 3.8) is 0 Å². The van der Waals surface area contributed by atoms with Crippen LogP contribution in [-0.4, -0.2) is 23.1 Å². The first-order valence-electron chi connectivity index (χ1n) is 0. The fraction of sp³-hybridized carbons (Fsp3) is 0. The molecular weight excluding hydrogens is 260 g/mol. The van der Waals surface area contributed by atoms with Gasteiger partial charge in [-0.1, -0.05) is 0 Å². The fourth-order valence-corrected chi connectivity index (χ4v) is 0. The second-order valence-electron chi connectivity index (χ2n) is 0. The first-order valence-corrected chi connectivity index (χ1v) is 0. The van der Waals surface area contributed by atoms with Gasteiger partial charge in [0.05, 0.1) is 0 Å². The van der Waals surface area contributed by atoms with Crippen LogP contribution in [0.15, 0.2) is 0 Å². The van der Waals surface area contributed by atoms with Gasteiger partial charge in [-0.3, -0.25) is 0 Å². The topological polar surface area (TPSA) is 0 Å². The molecule has 0 atom stereocenters. The maximum absolute atomic E-state index is 0. The van der Waals surface area contributed by atoms with Crippen LogP contribution in [0.25, 0.3) is 0 Å². The van der Waals surface area contributed by atoms with E-state index >= 15 is 0 Å². The van der Waals surface area contributed by atoms with E-state index in [4.69, 9.17) is 0 Å². The Kier molecular flexibility index (Phi) is 90.4. The van der Waals surface area contributed by atoms with E-state index in [0.29, 0.717) is 0 Å². The third-order valence-corrected chi connectivity index (χ3v) is 0. The van der Waals surface area contributed by atoms with E-state index in [1.807, 2.05) is 0 Å². The van der Waals surface area contributed by atoms with Crippen molar-refractivity contribution in [3.8, 4) is 0 Å². The third-order valence-electron chi connectivity index (χ3n) is 0. The van der Waals surface area contributed by atoms with Crippen molar-refractivity contribution in [2.24, 2.45) is 0 Å². The molecule has 0 aromatic carbocycles. The largest absolute Gasteiger partial charge is 2.00 e. The summed E-state index contributed by atoms with van der Waals surface area (Å²) in [5, 5.41) is 0. The van der Waals surface area contributed by atoms with E-state index in [1.165, 1.54) is 0 Å². The van der Waals surface area contributed by atoms with Crippen LogP contribution < -0.4 is 120 Å². The second kappa shape index (κ2) is 15.7. The smallest absolute Gasteiger partial charge is 1.00 e. The molecule has 1 radical (unpaired) electrons. The molecule has 4 heavy (non-hydrogen) atoms. The summed E-state index contributed by atoms with van der Waals surface area (Å²) in [6, 6.07) is 0. The molecule has 0 heterocycles. The SMILES string of the molecule is [Cs+].[Cu].[H-].[H-].[H-].[H-].[K+].[Mg+2]. The number of hydrogen-bond donors (Lipinski definition) is 0. The molecule has 0 aliphatic heterocycles. The molecule has 0 rings (SSSR count). The Morgan fingerprint density at radius 3 is 1.25 bits per heavy atom. The molecule has 0 aromatic heterocycles. The van der Waals surface area contributed by atoms with Gasteiger partial charge >= 0.3 is 143 Å². The minimum Gasteiger partial charge on any atom is -1.00 e. The summed E-state index contributed by atoms with van der Waals surface area (Å²) in [5.41, 5.74) is 0. The van der Waals surface area contributed by atoms with Crippen molar-refractivity contribution < 1.29 is 143 Å². The van der Waals surface area contributed by atoms with Crippen molar-refractivity contribution in [3.05, 3.63) is 0 Å². The van der Waals surface area contributed by atoms with Gasteiger partial charge in [0.15, 0.2) is 0 Å². The zero-order valence-corrected chi connectivity index (χ0v) is 14.8. The average molecular weight is 264 g/mol. The van der Waals surface area contributed by atoms with E-state index in [0.717, 1.165) is 0 Å². The Hall–Kier alpha value is 4.97. The van der Waals surface area contributed by atoms with E-state index in [9.17, 15) is 0 Å². The zero-order chi connectivity index (χ0) is 0. The molecule has 0 aromatic rings. The summed E-state index contributed by atoms with van der Waals surface area (Å²) in [6.45, 7) is 0. The van der Waals surface area contributed by atoms with Gasteiger partial charge < -0.3 is 5.71 Å². The van der Waals surface area contributed by atoms with Crippen molar-refractivity contribution in [1.82, 2.24) is 0 Å². The molecule has 19 valence electrons. The van der Waals surface area contributed by atoms with Crippen LogP contribution in [0.5, 0.6) is 0 Å². The summed E-state index contributed by atoms with van der Waals surface area (Å²) in [4.78, 5) is 0. The van der Waals surface area contributed by atoms with Crippen LogP contribution in [0.3, 0.4) is 0 Å². The Balaban J connectivity index is 0. The average Bonchev–Trinajstić information content (AvgIpc) is 0. The minimum absolute atomic E-state index is 0. The van der Waals surface area contributed by atoms with Gasteiger partial charge in [-0.05, 0) is 0 Å². The van der Waals surface area contributed by atoms with E-state index in [1.54, 1.807) is 0 Å². The molecule has 0 unspecified atom stereocenters. The summed E-state index contributed by atoms with van der Waals surface area (Å²) < 4.78 is 0. The molecule has 0 N–H and O–H groups in total. The molecule has 0 nitrogen and oxygen atoms in total. The first-order chi connectivity index (χ1) is 0. The Morgan fingerprint density at radius 1 is 1.25 bits per heavy atom. The van der Waals surface area contributed by atoms with Crippen molar-refractivity contribution in [2.75, 3.05) is 0 Å². The molecule has 0 spiro atoms. The van der Waals surface area contributed by atoms with Crippen LogP contribution in [0.1, 0.15) is 5.71 Å². The van der Waals surface area contributed by atoms with Crippen LogP contribution in [0.2, 0.25) is 0 Å². The van der Waals surface area contributed by atoms with Gasteiger partial charge in [-0.15, -0.1) is 0 Å². The van der Waals surface area contributed by atoms with Crippen LogP contribution in [0.4, 0.5) is 0 Å². The van der Waals surface area contributed by atoms with Crippen molar-refractivity contribution >= 4 is 23.1 Å².